The van der Waals surface area contributed by atoms with Crippen LogP contribution in [0.25, 0.3) is 0 Å². The number of nitrogens with zero attached hydrogens (tertiary/aromatic N) is 1. The van der Waals surface area contributed by atoms with Gasteiger partial charge in [0.25, 0.3) is 11.8 Å². The zero-order valence-electron chi connectivity index (χ0n) is 17.0. The van der Waals surface area contributed by atoms with Crippen molar-refractivity contribution in [1.82, 2.24) is 10.4 Å². The van der Waals surface area contributed by atoms with E-state index in [9.17, 15) is 9.59 Å². The number of hydrogen-bond acceptors (Lipinski definition) is 5. The minimum atomic E-state index is -0.650. The molecule has 0 aliphatic carbocycles. The van der Waals surface area contributed by atoms with E-state index in [2.05, 4.69) is 5.43 Å². The smallest absolute Gasteiger partial charge is 0.272 e. The second kappa shape index (κ2) is 8.65. The van der Waals surface area contributed by atoms with E-state index in [-0.39, 0.29) is 11.5 Å². The lowest BCUT2D eigenvalue weighted by atomic mass is 10.1. The highest BCUT2D eigenvalue weighted by Crippen LogP contribution is 2.38. The summed E-state index contributed by atoms with van der Waals surface area (Å²) in [4.78, 5) is 25.9. The number of hydrogen-bond donors (Lipinski definition) is 1. The summed E-state index contributed by atoms with van der Waals surface area (Å²) in [6, 6.07) is 11.8. The Kier molecular flexibility index (Phi) is 6.51. The maximum atomic E-state index is 12.9. The van der Waals surface area contributed by atoms with Crippen molar-refractivity contribution in [2.45, 2.75) is 26.3 Å². The largest absolute Gasteiger partial charge is 0.493 e. The van der Waals surface area contributed by atoms with Crippen molar-refractivity contribution in [1.29, 1.82) is 0 Å². The number of ether oxygens (including phenoxy) is 3. The zero-order valence-corrected chi connectivity index (χ0v) is 17.0. The third-order valence-electron chi connectivity index (χ3n) is 4.03. The number of methoxy groups -OCH3 is 3. The highest BCUT2D eigenvalue weighted by molar-refractivity contribution is 6.00. The van der Waals surface area contributed by atoms with Gasteiger partial charge in [-0.15, -0.1) is 0 Å². The Balaban J connectivity index is 2.38. The molecule has 0 radical (unpaired) electrons. The normalized spacial score (nSPS) is 10.8. The number of carbonyl (C=O) groups is 2. The minimum Gasteiger partial charge on any atom is -0.493 e. The summed E-state index contributed by atoms with van der Waals surface area (Å²) in [6.45, 7) is 5.51. The van der Waals surface area contributed by atoms with Crippen molar-refractivity contribution in [3.63, 3.8) is 0 Å². The van der Waals surface area contributed by atoms with Gasteiger partial charge in [-0.3, -0.25) is 15.0 Å². The molecule has 2 amide bonds. The maximum absolute atomic E-state index is 12.9. The van der Waals surface area contributed by atoms with Crippen molar-refractivity contribution in [3.8, 4) is 17.2 Å². The van der Waals surface area contributed by atoms with Crippen LogP contribution in [0.2, 0.25) is 0 Å². The highest BCUT2D eigenvalue weighted by Gasteiger charge is 2.30. The maximum Gasteiger partial charge on any atom is 0.272 e. The molecule has 0 spiro atoms. The Morgan fingerprint density at radius 1 is 0.857 bits per heavy atom. The number of amides is 2. The predicted octanol–water partition coefficient (Wildman–Crippen LogP) is 3.30. The predicted molar refractivity (Wildman–Crippen MR) is 106 cm³/mol. The molecule has 0 aliphatic heterocycles. The van der Waals surface area contributed by atoms with Gasteiger partial charge in [0, 0.05) is 11.1 Å². The van der Waals surface area contributed by atoms with Gasteiger partial charge in [-0.05, 0) is 45.0 Å². The number of carbonyl (C=O) groups excluding carboxylic acids is 2. The van der Waals surface area contributed by atoms with Crippen molar-refractivity contribution >= 4 is 11.8 Å². The SMILES string of the molecule is COc1cc(C(=O)NN(C(=O)c2ccccc2)C(C)(C)C)cc(OC)c1OC. The fourth-order valence-corrected chi connectivity index (χ4v) is 2.61. The van der Waals surface area contributed by atoms with Gasteiger partial charge in [0.1, 0.15) is 0 Å². The molecule has 28 heavy (non-hydrogen) atoms. The van der Waals surface area contributed by atoms with Gasteiger partial charge < -0.3 is 14.2 Å². The lowest BCUT2D eigenvalue weighted by Crippen LogP contribution is -2.55. The van der Waals surface area contributed by atoms with Gasteiger partial charge in [0.05, 0.1) is 26.9 Å². The molecule has 0 unspecified atom stereocenters. The summed E-state index contributed by atoms with van der Waals surface area (Å²) in [6.07, 6.45) is 0. The van der Waals surface area contributed by atoms with Crippen LogP contribution >= 0.6 is 0 Å². The molecule has 0 atom stereocenters. The van der Waals surface area contributed by atoms with Crippen molar-refractivity contribution < 1.29 is 23.8 Å². The highest BCUT2D eigenvalue weighted by atomic mass is 16.5. The fourth-order valence-electron chi connectivity index (χ4n) is 2.61. The molecule has 0 heterocycles. The Labute approximate surface area is 165 Å². The lowest BCUT2D eigenvalue weighted by Gasteiger charge is -2.35. The summed E-state index contributed by atoms with van der Waals surface area (Å²) >= 11 is 0. The molecule has 0 fully saturated rings. The third kappa shape index (κ3) is 4.54. The van der Waals surface area contributed by atoms with E-state index >= 15 is 0 Å². The first-order valence-corrected chi connectivity index (χ1v) is 8.73. The van der Waals surface area contributed by atoms with Crippen LogP contribution in [0.1, 0.15) is 41.5 Å². The average molecular weight is 386 g/mol. The van der Waals surface area contributed by atoms with Crippen LogP contribution in [0.15, 0.2) is 42.5 Å². The molecule has 7 heteroatoms. The number of rotatable bonds is 5. The van der Waals surface area contributed by atoms with Crippen molar-refractivity contribution in [2.75, 3.05) is 21.3 Å². The molecular formula is C21H26N2O5. The first-order valence-electron chi connectivity index (χ1n) is 8.73. The number of nitrogens with one attached hydrogen (secondary N) is 1. The van der Waals surface area contributed by atoms with Crippen LogP contribution in [0, 0.1) is 0 Å². The molecule has 2 aromatic carbocycles. The van der Waals surface area contributed by atoms with Crippen molar-refractivity contribution in [3.05, 3.63) is 53.6 Å². The van der Waals surface area contributed by atoms with Gasteiger partial charge in [-0.1, -0.05) is 18.2 Å². The second-order valence-electron chi connectivity index (χ2n) is 7.03. The van der Waals surface area contributed by atoms with E-state index in [1.807, 2.05) is 26.8 Å². The summed E-state index contributed by atoms with van der Waals surface area (Å²) in [5, 5.41) is 1.31. The number of hydrazine groups is 1. The number of benzene rings is 2. The second-order valence-corrected chi connectivity index (χ2v) is 7.03. The van der Waals surface area contributed by atoms with Crippen LogP contribution in [0.4, 0.5) is 0 Å². The van der Waals surface area contributed by atoms with E-state index in [4.69, 9.17) is 14.2 Å². The molecule has 0 aromatic heterocycles. The lowest BCUT2D eigenvalue weighted by molar-refractivity contribution is 0.0358. The minimum absolute atomic E-state index is 0.268. The molecule has 2 rings (SSSR count). The molecular weight excluding hydrogens is 360 g/mol. The Bertz CT molecular complexity index is 819. The van der Waals surface area contributed by atoms with E-state index in [0.717, 1.165) is 0 Å². The quantitative estimate of drug-likeness (QED) is 0.798. The molecule has 150 valence electrons. The molecule has 7 nitrogen and oxygen atoms in total. The molecule has 0 saturated heterocycles. The Morgan fingerprint density at radius 2 is 1.39 bits per heavy atom. The van der Waals surface area contributed by atoms with E-state index in [1.54, 1.807) is 24.3 Å². The molecule has 0 aliphatic rings. The third-order valence-corrected chi connectivity index (χ3v) is 4.03. The topological polar surface area (TPSA) is 77.1 Å². The van der Waals surface area contributed by atoms with Gasteiger partial charge in [-0.2, -0.15) is 0 Å². The summed E-state index contributed by atoms with van der Waals surface area (Å²) in [5.74, 6) is 0.300. The Morgan fingerprint density at radius 3 is 1.82 bits per heavy atom. The first-order chi connectivity index (χ1) is 13.2. The molecule has 1 N–H and O–H groups in total. The van der Waals surface area contributed by atoms with Gasteiger partial charge in [-0.25, -0.2) is 5.01 Å². The van der Waals surface area contributed by atoms with Gasteiger partial charge >= 0.3 is 0 Å². The van der Waals surface area contributed by atoms with E-state index < -0.39 is 11.4 Å². The van der Waals surface area contributed by atoms with E-state index in [0.29, 0.717) is 22.8 Å². The van der Waals surface area contributed by atoms with Gasteiger partial charge in [0.2, 0.25) is 5.75 Å². The van der Waals surface area contributed by atoms with Crippen LogP contribution < -0.4 is 19.6 Å². The van der Waals surface area contributed by atoms with Gasteiger partial charge in [0.15, 0.2) is 11.5 Å². The van der Waals surface area contributed by atoms with Crippen LogP contribution in [-0.2, 0) is 0 Å². The molecule has 2 aromatic rings. The Hall–Kier alpha value is -3.22. The fraction of sp³-hybridized carbons (Fsp3) is 0.333. The zero-order chi connectivity index (χ0) is 20.9. The average Bonchev–Trinajstić information content (AvgIpc) is 2.69. The molecule has 0 saturated carbocycles. The van der Waals surface area contributed by atoms with Crippen LogP contribution in [-0.4, -0.2) is 43.7 Å². The van der Waals surface area contributed by atoms with E-state index in [1.165, 1.54) is 38.5 Å². The molecule has 0 bridgehead atoms. The monoisotopic (exact) mass is 386 g/mol. The summed E-state index contributed by atoms with van der Waals surface area (Å²) in [7, 11) is 4.43. The van der Waals surface area contributed by atoms with Crippen LogP contribution in [0.5, 0.6) is 17.2 Å². The van der Waals surface area contributed by atoms with Crippen molar-refractivity contribution in [2.24, 2.45) is 0 Å². The van der Waals surface area contributed by atoms with Crippen LogP contribution in [0.3, 0.4) is 0 Å². The summed E-state index contributed by atoms with van der Waals surface area (Å²) < 4.78 is 15.9. The summed E-state index contributed by atoms with van der Waals surface area (Å²) in [5.41, 5.74) is 2.80. The first kappa shape index (κ1) is 21.1. The standard InChI is InChI=1S/C21H26N2O5/c1-21(2,3)23(20(25)14-10-8-7-9-11-14)22-19(24)15-12-16(26-4)18(28-6)17(13-15)27-5/h7-13H,1-6H3,(H,22,24).